The van der Waals surface area contributed by atoms with Crippen LogP contribution in [0.3, 0.4) is 0 Å². The predicted octanol–water partition coefficient (Wildman–Crippen LogP) is 0.671. The number of ether oxygens (including phenoxy) is 2. The summed E-state index contributed by atoms with van der Waals surface area (Å²) < 4.78 is 27.9. The zero-order valence-electron chi connectivity index (χ0n) is 19.4. The van der Waals surface area contributed by atoms with E-state index in [9.17, 15) is 4.39 Å². The van der Waals surface area contributed by atoms with E-state index in [0.29, 0.717) is 34.5 Å². The van der Waals surface area contributed by atoms with Crippen molar-refractivity contribution in [3.05, 3.63) is 36.7 Å². The molecule has 5 rings (SSSR count). The normalized spacial score (nSPS) is 19.2. The third-order valence-electron chi connectivity index (χ3n) is 5.97. The Kier molecular flexibility index (Phi) is 5.56. The van der Waals surface area contributed by atoms with Crippen LogP contribution in [0.1, 0.15) is 25.7 Å². The van der Waals surface area contributed by atoms with Crippen LogP contribution in [0.5, 0.6) is 5.88 Å². The highest BCUT2D eigenvalue weighted by molar-refractivity contribution is 6.58. The minimum absolute atomic E-state index is 0.122. The molecule has 1 saturated carbocycles. The lowest BCUT2D eigenvalue weighted by Gasteiger charge is -2.34. The summed E-state index contributed by atoms with van der Waals surface area (Å²) in [6, 6.07) is 1.74. The van der Waals surface area contributed by atoms with Crippen LogP contribution in [0.25, 0.3) is 27.8 Å². The van der Waals surface area contributed by atoms with Gasteiger partial charge in [0.1, 0.15) is 29.2 Å². The van der Waals surface area contributed by atoms with E-state index in [1.54, 1.807) is 30.1 Å². The van der Waals surface area contributed by atoms with Crippen LogP contribution in [-0.4, -0.2) is 72.4 Å². The van der Waals surface area contributed by atoms with Crippen molar-refractivity contribution in [2.75, 3.05) is 12.4 Å². The molecule has 8 nitrogen and oxygen atoms in total. The summed E-state index contributed by atoms with van der Waals surface area (Å²) in [6.45, 7) is 0. The van der Waals surface area contributed by atoms with Crippen molar-refractivity contribution in [3.63, 3.8) is 0 Å². The van der Waals surface area contributed by atoms with E-state index in [4.69, 9.17) is 9.47 Å². The van der Waals surface area contributed by atoms with E-state index in [1.807, 2.05) is 6.20 Å². The summed E-state index contributed by atoms with van der Waals surface area (Å²) in [5, 5.41) is 4.05. The van der Waals surface area contributed by atoms with E-state index >= 15 is 0 Å². The van der Waals surface area contributed by atoms with Crippen molar-refractivity contribution >= 4 is 46.2 Å². The van der Waals surface area contributed by atoms with Gasteiger partial charge < -0.3 is 24.2 Å². The summed E-state index contributed by atoms with van der Waals surface area (Å²) >= 11 is 0. The number of nitrogens with one attached hydrogen (secondary N) is 2. The van der Waals surface area contributed by atoms with E-state index in [2.05, 4.69) is 48.8 Å². The van der Waals surface area contributed by atoms with Crippen LogP contribution in [0.4, 0.5) is 10.3 Å². The first-order valence-electron chi connectivity index (χ1n) is 11.3. The van der Waals surface area contributed by atoms with Gasteiger partial charge in [-0.15, -0.1) is 0 Å². The molecule has 33 heavy (non-hydrogen) atoms. The highest BCUT2D eigenvalue weighted by Gasteiger charge is 2.26. The number of H-pyrrole nitrogens is 1. The van der Waals surface area contributed by atoms with Crippen molar-refractivity contribution in [1.82, 2.24) is 24.3 Å². The van der Waals surface area contributed by atoms with Gasteiger partial charge in [-0.2, -0.15) is 9.97 Å². The second-order valence-corrected chi connectivity index (χ2v) is 9.57. The van der Waals surface area contributed by atoms with Crippen LogP contribution in [0, 0.1) is 5.82 Å². The zero-order valence-corrected chi connectivity index (χ0v) is 19.4. The molecular formula is C21H26B3FN6O2. The topological polar surface area (TPSA) is 89.4 Å². The largest absolute Gasteiger partial charge is 0.480 e. The Bertz CT molecular complexity index is 1300. The lowest BCUT2D eigenvalue weighted by molar-refractivity contribution is 0.0202. The van der Waals surface area contributed by atoms with E-state index in [0.717, 1.165) is 31.2 Å². The molecule has 4 aromatic rings. The monoisotopic (exact) mass is 446 g/mol. The quantitative estimate of drug-likeness (QED) is 0.424. The molecule has 4 heterocycles. The maximum atomic E-state index is 14.5. The van der Waals surface area contributed by atoms with Crippen LogP contribution >= 0.6 is 0 Å². The molecule has 12 heteroatoms. The van der Waals surface area contributed by atoms with Gasteiger partial charge in [-0.05, 0) is 37.0 Å². The van der Waals surface area contributed by atoms with Crippen molar-refractivity contribution < 1.29 is 13.9 Å². The number of fused-ring (bicyclic) bond motifs is 2. The van der Waals surface area contributed by atoms with Gasteiger partial charge in [-0.3, -0.25) is 0 Å². The molecule has 4 aromatic heterocycles. The van der Waals surface area contributed by atoms with Gasteiger partial charge in [0.25, 0.3) is 0 Å². The number of pyridine rings is 1. The fourth-order valence-electron chi connectivity index (χ4n) is 4.59. The summed E-state index contributed by atoms with van der Waals surface area (Å²) in [7, 11) is 7.87. The number of nitrogens with zero attached hydrogens (tertiary/aromatic N) is 4. The third-order valence-corrected chi connectivity index (χ3v) is 5.97. The molecule has 1 fully saturated rings. The van der Waals surface area contributed by atoms with Crippen molar-refractivity contribution in [1.29, 1.82) is 0 Å². The highest BCUT2D eigenvalue weighted by Crippen LogP contribution is 2.35. The molecule has 168 valence electrons. The molecular weight excluding hydrogens is 420 g/mol. The molecule has 0 bridgehead atoms. The number of hydrogen-bond donors (Lipinski definition) is 2. The Morgan fingerprint density at radius 1 is 1.21 bits per heavy atom. The second kappa shape index (κ2) is 8.41. The number of rotatable bonds is 6. The molecule has 0 unspecified atom stereocenters. The number of imidazole rings is 1. The highest BCUT2D eigenvalue weighted by atomic mass is 19.1. The first kappa shape index (κ1) is 21.8. The standard InChI is InChI=1S/C21H26B3FN6O2/c1-32-19-16-14(11-8-15(25)18-26-6-7-31(18)10-11)9-27-17(16)29-20(30-19)28-12-2-4-13(5-3-12)33-21(22,23)24/h6-10,12-13H,2-5,22-24H2,1H3,(H2,27,28,29,30)/t12-,13+. The van der Waals surface area contributed by atoms with Crippen molar-refractivity contribution in [3.8, 4) is 17.0 Å². The number of aromatic amines is 1. The first-order valence-corrected chi connectivity index (χ1v) is 11.3. The van der Waals surface area contributed by atoms with Crippen LogP contribution in [0.15, 0.2) is 30.9 Å². The Labute approximate surface area is 193 Å². The fraction of sp³-hybridized carbons (Fsp3) is 0.381. The number of anilines is 1. The molecule has 0 aliphatic heterocycles. The second-order valence-electron chi connectivity index (χ2n) is 9.57. The van der Waals surface area contributed by atoms with E-state index in [-0.39, 0.29) is 17.0 Å². The molecule has 1 aliphatic rings. The number of halogens is 1. The molecule has 1 aliphatic carbocycles. The summed E-state index contributed by atoms with van der Waals surface area (Å²) in [5.74, 6) is 0.565. The lowest BCUT2D eigenvalue weighted by Crippen LogP contribution is -2.41. The number of methoxy groups -OCH3 is 1. The van der Waals surface area contributed by atoms with Gasteiger partial charge >= 0.3 is 0 Å². The molecule has 0 spiro atoms. The molecule has 0 amide bonds. The van der Waals surface area contributed by atoms with Gasteiger partial charge in [0.05, 0.1) is 18.6 Å². The summed E-state index contributed by atoms with van der Waals surface area (Å²) in [4.78, 5) is 16.5. The first-order chi connectivity index (χ1) is 15.8. The van der Waals surface area contributed by atoms with Crippen LogP contribution in [-0.2, 0) is 4.74 Å². The Morgan fingerprint density at radius 2 is 2.00 bits per heavy atom. The lowest BCUT2D eigenvalue weighted by atomic mass is 9.52. The zero-order chi connectivity index (χ0) is 23.2. The molecule has 0 aromatic carbocycles. The molecule has 2 N–H and O–H groups in total. The van der Waals surface area contributed by atoms with E-state index in [1.165, 1.54) is 6.07 Å². The summed E-state index contributed by atoms with van der Waals surface area (Å²) in [6.07, 6.45) is 11.2. The minimum Gasteiger partial charge on any atom is -0.480 e. The minimum atomic E-state index is -0.393. The third kappa shape index (κ3) is 4.44. The number of aromatic nitrogens is 5. The average molecular weight is 446 g/mol. The maximum absolute atomic E-state index is 14.5. The van der Waals surface area contributed by atoms with Gasteiger partial charge in [-0.1, -0.05) is 0 Å². The van der Waals surface area contributed by atoms with Crippen LogP contribution in [0.2, 0.25) is 0 Å². The predicted molar refractivity (Wildman–Crippen MR) is 134 cm³/mol. The Balaban J connectivity index is 1.39. The van der Waals surface area contributed by atoms with Gasteiger partial charge in [0.15, 0.2) is 11.5 Å². The van der Waals surface area contributed by atoms with Gasteiger partial charge in [0.2, 0.25) is 11.8 Å². The SMILES string of the molecule is BC(B)(B)O[C@H]1CC[C@@H](Nc2nc(OC)c3c(-c4cc(F)c5nccn5c4)c[nH]c3n2)CC1. The average Bonchev–Trinajstić information content (AvgIpc) is 3.41. The van der Waals surface area contributed by atoms with Crippen LogP contribution < -0.4 is 10.1 Å². The molecule has 0 radical (unpaired) electrons. The Hall–Kier alpha value is -3.01. The molecule has 0 saturated heterocycles. The van der Waals surface area contributed by atoms with E-state index < -0.39 is 5.82 Å². The van der Waals surface area contributed by atoms with Crippen molar-refractivity contribution in [2.24, 2.45) is 0 Å². The maximum Gasteiger partial charge on any atom is 0.228 e. The number of hydrogen-bond acceptors (Lipinski definition) is 6. The smallest absolute Gasteiger partial charge is 0.228 e. The van der Waals surface area contributed by atoms with Crippen molar-refractivity contribution in [2.45, 2.75) is 43.1 Å². The fourth-order valence-corrected chi connectivity index (χ4v) is 4.59. The van der Waals surface area contributed by atoms with Gasteiger partial charge in [-0.25, -0.2) is 9.37 Å². The Morgan fingerprint density at radius 3 is 2.73 bits per heavy atom. The molecule has 0 atom stereocenters. The van der Waals surface area contributed by atoms with Gasteiger partial charge in [0, 0.05) is 42.0 Å². The summed E-state index contributed by atoms with van der Waals surface area (Å²) in [5.41, 5.74) is 2.37.